The number of amides is 1. The summed E-state index contributed by atoms with van der Waals surface area (Å²) < 4.78 is 10.8. The largest absolute Gasteiger partial charge is 0.399 e. The van der Waals surface area contributed by atoms with Gasteiger partial charge in [0.25, 0.3) is 0 Å². The lowest BCUT2D eigenvalue weighted by Gasteiger charge is -2.09. The minimum absolute atomic E-state index is 0.0299. The van der Waals surface area contributed by atoms with Crippen LogP contribution in [-0.4, -0.2) is 25.7 Å². The number of rotatable bonds is 10. The van der Waals surface area contributed by atoms with Crippen molar-refractivity contribution in [1.82, 2.24) is 0 Å². The zero-order valence-corrected chi connectivity index (χ0v) is 14.7. The molecule has 2 aromatic rings. The summed E-state index contributed by atoms with van der Waals surface area (Å²) >= 11 is 0. The van der Waals surface area contributed by atoms with Crippen molar-refractivity contribution in [2.24, 2.45) is 0 Å². The van der Waals surface area contributed by atoms with Crippen LogP contribution in [0.4, 0.5) is 11.4 Å². The van der Waals surface area contributed by atoms with Crippen LogP contribution in [-0.2, 0) is 27.3 Å². The highest BCUT2D eigenvalue weighted by atomic mass is 16.5. The molecule has 0 aliphatic heterocycles. The summed E-state index contributed by atoms with van der Waals surface area (Å²) in [5.74, 6) is -0.0299. The average molecular weight is 342 g/mol. The fraction of sp³-hybridized carbons (Fsp3) is 0.350. The summed E-state index contributed by atoms with van der Waals surface area (Å²) in [6.07, 6.45) is 1.02. The Kier molecular flexibility index (Phi) is 7.95. The Hall–Kier alpha value is -2.37. The number of carbonyl (C=O) groups excluding carboxylic acids is 1. The number of hydrogen-bond donors (Lipinski definition) is 2. The third-order valence-corrected chi connectivity index (χ3v) is 3.73. The van der Waals surface area contributed by atoms with Crippen LogP contribution in [0.25, 0.3) is 0 Å². The summed E-state index contributed by atoms with van der Waals surface area (Å²) in [7, 11) is 0. The lowest BCUT2D eigenvalue weighted by Crippen LogP contribution is -2.13. The molecular formula is C20H26N2O3. The molecule has 0 saturated carbocycles. The van der Waals surface area contributed by atoms with Crippen molar-refractivity contribution in [3.63, 3.8) is 0 Å². The van der Waals surface area contributed by atoms with E-state index in [4.69, 9.17) is 15.2 Å². The highest BCUT2D eigenvalue weighted by Crippen LogP contribution is 2.15. The van der Waals surface area contributed by atoms with Crippen LogP contribution >= 0.6 is 0 Å². The summed E-state index contributed by atoms with van der Waals surface area (Å²) in [5, 5.41) is 2.92. The molecule has 0 aliphatic rings. The third kappa shape index (κ3) is 6.95. The van der Waals surface area contributed by atoms with Crippen molar-refractivity contribution in [1.29, 1.82) is 0 Å². The summed E-state index contributed by atoms with van der Waals surface area (Å²) in [6.45, 7) is 4.30. The molecule has 0 spiro atoms. The van der Waals surface area contributed by atoms with Crippen molar-refractivity contribution in [2.45, 2.75) is 26.4 Å². The SMILES string of the molecule is CCOCCOCc1cccc(NC(=O)CCc2ccccc2N)c1. The number of ether oxygens (including phenoxy) is 2. The van der Waals surface area contributed by atoms with Gasteiger partial charge in [-0.1, -0.05) is 30.3 Å². The minimum Gasteiger partial charge on any atom is -0.399 e. The van der Waals surface area contributed by atoms with Gasteiger partial charge in [0.1, 0.15) is 0 Å². The zero-order valence-electron chi connectivity index (χ0n) is 14.7. The van der Waals surface area contributed by atoms with Crippen molar-refractivity contribution in [2.75, 3.05) is 30.9 Å². The van der Waals surface area contributed by atoms with E-state index in [1.165, 1.54) is 0 Å². The van der Waals surface area contributed by atoms with Crippen LogP contribution in [0.1, 0.15) is 24.5 Å². The molecule has 1 amide bonds. The van der Waals surface area contributed by atoms with Gasteiger partial charge in [-0.2, -0.15) is 0 Å². The van der Waals surface area contributed by atoms with E-state index in [1.807, 2.05) is 55.5 Å². The molecule has 0 unspecified atom stereocenters. The maximum absolute atomic E-state index is 12.1. The Labute approximate surface area is 149 Å². The number of para-hydroxylation sites is 1. The van der Waals surface area contributed by atoms with Gasteiger partial charge in [-0.05, 0) is 42.7 Å². The van der Waals surface area contributed by atoms with Gasteiger partial charge in [0.05, 0.1) is 19.8 Å². The first kappa shape index (κ1) is 19.0. The van der Waals surface area contributed by atoms with Crippen molar-refractivity contribution in [3.05, 3.63) is 59.7 Å². The second kappa shape index (κ2) is 10.5. The highest BCUT2D eigenvalue weighted by molar-refractivity contribution is 5.91. The average Bonchev–Trinajstić information content (AvgIpc) is 2.61. The summed E-state index contributed by atoms with van der Waals surface area (Å²) in [5.41, 5.74) is 9.41. The standard InChI is InChI=1S/C20H26N2O3/c1-2-24-12-13-25-15-16-6-5-8-18(14-16)22-20(23)11-10-17-7-3-4-9-19(17)21/h3-9,14H,2,10-13,15,21H2,1H3,(H,22,23). The van der Waals surface area contributed by atoms with Gasteiger partial charge < -0.3 is 20.5 Å². The van der Waals surface area contributed by atoms with Gasteiger partial charge in [0.15, 0.2) is 0 Å². The van der Waals surface area contributed by atoms with Crippen LogP contribution in [0.2, 0.25) is 0 Å². The predicted molar refractivity (Wildman–Crippen MR) is 100 cm³/mol. The first-order valence-electron chi connectivity index (χ1n) is 8.56. The molecule has 2 aromatic carbocycles. The van der Waals surface area contributed by atoms with E-state index in [2.05, 4.69) is 5.32 Å². The minimum atomic E-state index is -0.0299. The van der Waals surface area contributed by atoms with Crippen molar-refractivity contribution in [3.8, 4) is 0 Å². The Morgan fingerprint density at radius 1 is 1.08 bits per heavy atom. The molecule has 134 valence electrons. The number of carbonyl (C=O) groups is 1. The molecule has 5 nitrogen and oxygen atoms in total. The number of nitrogen functional groups attached to an aromatic ring is 1. The number of nitrogens with two attached hydrogens (primary N) is 1. The van der Waals surface area contributed by atoms with E-state index in [9.17, 15) is 4.79 Å². The van der Waals surface area contributed by atoms with Crippen LogP contribution in [0, 0.1) is 0 Å². The first-order chi connectivity index (χ1) is 12.2. The molecule has 0 fully saturated rings. The lowest BCUT2D eigenvalue weighted by molar-refractivity contribution is -0.116. The van der Waals surface area contributed by atoms with Gasteiger partial charge in [-0.3, -0.25) is 4.79 Å². The summed E-state index contributed by atoms with van der Waals surface area (Å²) in [6, 6.07) is 15.3. The van der Waals surface area contributed by atoms with E-state index >= 15 is 0 Å². The zero-order chi connectivity index (χ0) is 17.9. The molecule has 2 rings (SSSR count). The number of nitrogens with one attached hydrogen (secondary N) is 1. The van der Waals surface area contributed by atoms with E-state index in [0.29, 0.717) is 39.3 Å². The Morgan fingerprint density at radius 2 is 1.88 bits per heavy atom. The molecule has 0 saturated heterocycles. The number of anilines is 2. The topological polar surface area (TPSA) is 73.6 Å². The Balaban J connectivity index is 1.78. The third-order valence-electron chi connectivity index (χ3n) is 3.73. The molecule has 0 aromatic heterocycles. The normalized spacial score (nSPS) is 10.6. The molecule has 0 radical (unpaired) electrons. The van der Waals surface area contributed by atoms with Crippen LogP contribution in [0.15, 0.2) is 48.5 Å². The molecule has 0 aliphatic carbocycles. The van der Waals surface area contributed by atoms with Gasteiger partial charge in [0.2, 0.25) is 5.91 Å². The number of aryl methyl sites for hydroxylation is 1. The number of hydrogen-bond acceptors (Lipinski definition) is 4. The van der Waals surface area contributed by atoms with Gasteiger partial charge >= 0.3 is 0 Å². The fourth-order valence-corrected chi connectivity index (χ4v) is 2.42. The molecular weight excluding hydrogens is 316 g/mol. The van der Waals surface area contributed by atoms with Gasteiger partial charge in [0, 0.05) is 24.4 Å². The number of benzene rings is 2. The second-order valence-corrected chi connectivity index (χ2v) is 5.70. The molecule has 0 bridgehead atoms. The molecule has 3 N–H and O–H groups in total. The van der Waals surface area contributed by atoms with Gasteiger partial charge in [-0.15, -0.1) is 0 Å². The Bertz CT molecular complexity index is 673. The fourth-order valence-electron chi connectivity index (χ4n) is 2.42. The van der Waals surface area contributed by atoms with E-state index in [-0.39, 0.29) is 5.91 Å². The van der Waals surface area contributed by atoms with Crippen molar-refractivity contribution < 1.29 is 14.3 Å². The molecule has 0 heterocycles. The molecule has 0 atom stereocenters. The van der Waals surface area contributed by atoms with Crippen LogP contribution in [0.5, 0.6) is 0 Å². The lowest BCUT2D eigenvalue weighted by atomic mass is 10.1. The van der Waals surface area contributed by atoms with Gasteiger partial charge in [-0.25, -0.2) is 0 Å². The van der Waals surface area contributed by atoms with E-state index < -0.39 is 0 Å². The van der Waals surface area contributed by atoms with E-state index in [0.717, 1.165) is 22.5 Å². The smallest absolute Gasteiger partial charge is 0.224 e. The van der Waals surface area contributed by atoms with Crippen LogP contribution < -0.4 is 11.1 Å². The Morgan fingerprint density at radius 3 is 2.68 bits per heavy atom. The maximum atomic E-state index is 12.1. The molecule has 5 heteroatoms. The second-order valence-electron chi connectivity index (χ2n) is 5.70. The maximum Gasteiger partial charge on any atom is 0.224 e. The molecule has 25 heavy (non-hydrogen) atoms. The van der Waals surface area contributed by atoms with E-state index in [1.54, 1.807) is 0 Å². The predicted octanol–water partition coefficient (Wildman–Crippen LogP) is 3.39. The first-order valence-corrected chi connectivity index (χ1v) is 8.56. The summed E-state index contributed by atoms with van der Waals surface area (Å²) in [4.78, 5) is 12.1. The quantitative estimate of drug-likeness (QED) is 0.513. The monoisotopic (exact) mass is 342 g/mol. The van der Waals surface area contributed by atoms with Crippen LogP contribution in [0.3, 0.4) is 0 Å². The van der Waals surface area contributed by atoms with Crippen molar-refractivity contribution >= 4 is 17.3 Å². The highest BCUT2D eigenvalue weighted by Gasteiger charge is 2.06.